The number of benzene rings is 1. The minimum Gasteiger partial charge on any atom is -0.488 e. The summed E-state index contributed by atoms with van der Waals surface area (Å²) in [6.07, 6.45) is 1.66. The van der Waals surface area contributed by atoms with Crippen molar-refractivity contribution in [1.29, 1.82) is 0 Å². The number of thiazole rings is 1. The Morgan fingerprint density at radius 3 is 2.39 bits per heavy atom. The molecule has 7 nitrogen and oxygen atoms in total. The lowest BCUT2D eigenvalue weighted by Crippen LogP contribution is -2.64. The second-order valence-corrected chi connectivity index (χ2v) is 10.7. The quantitative estimate of drug-likeness (QED) is 0.514. The van der Waals surface area contributed by atoms with Gasteiger partial charge in [0, 0.05) is 67.3 Å². The van der Waals surface area contributed by atoms with E-state index in [-0.39, 0.29) is 11.8 Å². The highest BCUT2D eigenvalue weighted by molar-refractivity contribution is 7.16. The Kier molecular flexibility index (Phi) is 6.64. The molecule has 0 spiro atoms. The van der Waals surface area contributed by atoms with Crippen molar-refractivity contribution in [2.45, 2.75) is 12.6 Å². The summed E-state index contributed by atoms with van der Waals surface area (Å²) in [6.45, 7) is 4.94. The highest BCUT2D eigenvalue weighted by Crippen LogP contribution is 2.24. The van der Waals surface area contributed by atoms with Crippen molar-refractivity contribution in [3.63, 3.8) is 0 Å². The van der Waals surface area contributed by atoms with E-state index in [1.54, 1.807) is 6.20 Å². The zero-order valence-electron chi connectivity index (χ0n) is 17.9. The van der Waals surface area contributed by atoms with E-state index in [0.717, 1.165) is 41.1 Å². The Balaban J connectivity index is 1.07. The largest absolute Gasteiger partial charge is 0.488 e. The van der Waals surface area contributed by atoms with Gasteiger partial charge in [-0.2, -0.15) is 0 Å². The van der Waals surface area contributed by atoms with Gasteiger partial charge >= 0.3 is 0 Å². The summed E-state index contributed by atoms with van der Waals surface area (Å²) in [4.78, 5) is 36.6. The Labute approximate surface area is 205 Å². The molecule has 0 radical (unpaired) electrons. The van der Waals surface area contributed by atoms with Crippen LogP contribution in [0.3, 0.4) is 0 Å². The first kappa shape index (κ1) is 22.3. The summed E-state index contributed by atoms with van der Waals surface area (Å²) >= 11 is 8.82. The minimum atomic E-state index is 0.0154. The number of rotatable bonds is 6. The van der Waals surface area contributed by atoms with Crippen molar-refractivity contribution >= 4 is 46.1 Å². The van der Waals surface area contributed by atoms with Gasteiger partial charge in [0.2, 0.25) is 0 Å². The van der Waals surface area contributed by atoms with Gasteiger partial charge in [-0.25, -0.2) is 4.98 Å². The summed E-state index contributed by atoms with van der Waals surface area (Å²) in [7, 11) is 0. The number of carbonyl (C=O) groups excluding carboxylic acids is 2. The molecule has 2 saturated heterocycles. The molecule has 2 aliphatic rings. The van der Waals surface area contributed by atoms with Crippen LogP contribution in [0.25, 0.3) is 0 Å². The predicted molar refractivity (Wildman–Crippen MR) is 129 cm³/mol. The molecule has 0 atom stereocenters. The van der Waals surface area contributed by atoms with Crippen molar-refractivity contribution in [3.05, 3.63) is 67.8 Å². The van der Waals surface area contributed by atoms with Crippen LogP contribution >= 0.6 is 34.3 Å². The van der Waals surface area contributed by atoms with Gasteiger partial charge < -0.3 is 14.5 Å². The van der Waals surface area contributed by atoms with E-state index in [1.807, 2.05) is 51.6 Å². The fraction of sp³-hybridized carbons (Fsp3) is 0.348. The first-order valence-corrected chi connectivity index (χ1v) is 12.8. The maximum absolute atomic E-state index is 12.8. The molecule has 2 aliphatic heterocycles. The molecule has 5 rings (SSSR count). The smallest absolute Gasteiger partial charge is 0.282 e. The molecule has 0 bridgehead atoms. The van der Waals surface area contributed by atoms with E-state index in [4.69, 9.17) is 16.3 Å². The van der Waals surface area contributed by atoms with Crippen LogP contribution in [0.15, 0.2) is 48.0 Å². The Morgan fingerprint density at radius 2 is 1.76 bits per heavy atom. The lowest BCUT2D eigenvalue weighted by Gasteiger charge is -2.48. The third kappa shape index (κ3) is 5.06. The standard InChI is InChI=1S/C23H23ClN4O3S2/c24-20-6-5-19(33-20)15-31-18-3-1-16(2-4-18)22(29)28-13-17(14-28)26-8-10-27(11-9-26)23(30)21-25-7-12-32-21/h1-7,12,17H,8-11,13-15H2. The van der Waals surface area contributed by atoms with Crippen molar-refractivity contribution in [1.82, 2.24) is 19.7 Å². The molecule has 33 heavy (non-hydrogen) atoms. The van der Waals surface area contributed by atoms with Crippen molar-refractivity contribution in [3.8, 4) is 5.75 Å². The number of nitrogens with zero attached hydrogens (tertiary/aromatic N) is 4. The highest BCUT2D eigenvalue weighted by Gasteiger charge is 2.37. The Morgan fingerprint density at radius 1 is 1.00 bits per heavy atom. The topological polar surface area (TPSA) is 66.0 Å². The number of amides is 2. The van der Waals surface area contributed by atoms with Crippen molar-refractivity contribution < 1.29 is 14.3 Å². The van der Waals surface area contributed by atoms with Gasteiger partial charge in [0.05, 0.1) is 4.34 Å². The van der Waals surface area contributed by atoms with Crippen LogP contribution < -0.4 is 4.74 Å². The molecule has 0 aliphatic carbocycles. The van der Waals surface area contributed by atoms with Crippen LogP contribution in [0.4, 0.5) is 0 Å². The lowest BCUT2D eigenvalue weighted by molar-refractivity contribution is 0.00853. The number of aromatic nitrogens is 1. The van der Waals surface area contributed by atoms with Crippen molar-refractivity contribution in [2.75, 3.05) is 39.3 Å². The van der Waals surface area contributed by atoms with Crippen molar-refractivity contribution in [2.24, 2.45) is 0 Å². The average molecular weight is 503 g/mol. The fourth-order valence-electron chi connectivity index (χ4n) is 4.07. The summed E-state index contributed by atoms with van der Waals surface area (Å²) in [5.41, 5.74) is 0.666. The monoisotopic (exact) mass is 502 g/mol. The third-order valence-corrected chi connectivity index (χ3v) is 7.96. The number of carbonyl (C=O) groups is 2. The van der Waals surface area contributed by atoms with Gasteiger partial charge in [-0.3, -0.25) is 14.5 Å². The van der Waals surface area contributed by atoms with Crippen LogP contribution in [0.5, 0.6) is 5.75 Å². The second kappa shape index (κ2) is 9.80. The molecule has 0 saturated carbocycles. The normalized spacial score (nSPS) is 17.1. The maximum atomic E-state index is 12.8. The van der Waals surface area contributed by atoms with E-state index in [9.17, 15) is 9.59 Å². The Hall–Kier alpha value is -2.46. The van der Waals surface area contributed by atoms with E-state index < -0.39 is 0 Å². The van der Waals surface area contributed by atoms with Crippen LogP contribution in [-0.2, 0) is 6.61 Å². The molecular weight excluding hydrogens is 480 g/mol. The predicted octanol–water partition coefficient (Wildman–Crippen LogP) is 3.72. The molecule has 1 aromatic carbocycles. The molecule has 2 aromatic heterocycles. The molecule has 3 aromatic rings. The molecule has 2 amide bonds. The van der Waals surface area contributed by atoms with E-state index >= 15 is 0 Å². The van der Waals surface area contributed by atoms with Gasteiger partial charge in [0.15, 0.2) is 5.01 Å². The number of thiophene rings is 1. The number of likely N-dealkylation sites (tertiary alicyclic amines) is 1. The number of piperazine rings is 1. The third-order valence-electron chi connectivity index (χ3n) is 5.99. The SMILES string of the molecule is O=C(c1ccc(OCc2ccc(Cl)s2)cc1)N1CC(N2CCN(C(=O)c3nccs3)CC2)C1. The summed E-state index contributed by atoms with van der Waals surface area (Å²) in [5.74, 6) is 0.782. The Bertz CT molecular complexity index is 1110. The van der Waals surface area contributed by atoms with Crippen LogP contribution in [0.1, 0.15) is 25.0 Å². The molecule has 10 heteroatoms. The first-order valence-electron chi connectivity index (χ1n) is 10.8. The maximum Gasteiger partial charge on any atom is 0.282 e. The van der Waals surface area contributed by atoms with E-state index in [0.29, 0.717) is 36.3 Å². The second-order valence-electron chi connectivity index (χ2n) is 8.05. The molecule has 2 fully saturated rings. The van der Waals surface area contributed by atoms with Gasteiger partial charge in [0.1, 0.15) is 12.4 Å². The fourth-order valence-corrected chi connectivity index (χ4v) is 5.67. The van der Waals surface area contributed by atoms with Crippen LogP contribution in [0, 0.1) is 0 Å². The van der Waals surface area contributed by atoms with Gasteiger partial charge in [-0.15, -0.1) is 22.7 Å². The van der Waals surface area contributed by atoms with E-state index in [1.165, 1.54) is 22.7 Å². The minimum absolute atomic E-state index is 0.0154. The number of ether oxygens (including phenoxy) is 1. The van der Waals surface area contributed by atoms with Crippen LogP contribution in [0.2, 0.25) is 4.34 Å². The molecule has 4 heterocycles. The number of hydrogen-bond acceptors (Lipinski definition) is 7. The molecule has 0 N–H and O–H groups in total. The molecule has 0 unspecified atom stereocenters. The zero-order chi connectivity index (χ0) is 22.8. The zero-order valence-corrected chi connectivity index (χ0v) is 20.2. The number of halogens is 1. The molecule has 172 valence electrons. The van der Waals surface area contributed by atoms with Gasteiger partial charge in [0.25, 0.3) is 11.8 Å². The van der Waals surface area contributed by atoms with Crippen LogP contribution in [-0.4, -0.2) is 76.8 Å². The lowest BCUT2D eigenvalue weighted by atomic mass is 10.0. The highest BCUT2D eigenvalue weighted by atomic mass is 35.5. The van der Waals surface area contributed by atoms with E-state index in [2.05, 4.69) is 9.88 Å². The van der Waals surface area contributed by atoms with Gasteiger partial charge in [-0.1, -0.05) is 11.6 Å². The summed E-state index contributed by atoms with van der Waals surface area (Å²) in [5, 5.41) is 2.38. The number of hydrogen-bond donors (Lipinski definition) is 0. The average Bonchev–Trinajstić information content (AvgIpc) is 3.49. The van der Waals surface area contributed by atoms with Gasteiger partial charge in [-0.05, 0) is 36.4 Å². The first-order chi connectivity index (χ1) is 16.1. The molecular formula is C23H23ClN4O3S2. The summed E-state index contributed by atoms with van der Waals surface area (Å²) < 4.78 is 6.52. The summed E-state index contributed by atoms with van der Waals surface area (Å²) in [6, 6.07) is 11.5.